The van der Waals surface area contributed by atoms with E-state index in [0.717, 1.165) is 12.8 Å². The fraction of sp³-hybridized carbons (Fsp3) is 0.812. The summed E-state index contributed by atoms with van der Waals surface area (Å²) >= 11 is 0. The Bertz CT molecular complexity index is 587. The number of amides is 1. The zero-order chi connectivity index (χ0) is 17.3. The van der Waals surface area contributed by atoms with Gasteiger partial charge in [0.25, 0.3) is 0 Å². The number of halogens is 3. The maximum Gasteiger partial charge on any atom is 0.391 e. The van der Waals surface area contributed by atoms with Crippen LogP contribution in [0.1, 0.15) is 56.2 Å². The van der Waals surface area contributed by atoms with E-state index in [0.29, 0.717) is 37.6 Å². The molecule has 8 heteroatoms. The van der Waals surface area contributed by atoms with Crippen molar-refractivity contribution in [1.82, 2.24) is 15.0 Å². The number of alkyl halides is 3. The molecular formula is C16H22F3N3O2. The molecule has 0 bridgehead atoms. The predicted octanol–water partition coefficient (Wildman–Crippen LogP) is 3.45. The Morgan fingerprint density at radius 2 is 2.04 bits per heavy atom. The molecule has 1 amide bonds. The highest BCUT2D eigenvalue weighted by Crippen LogP contribution is 2.41. The molecule has 0 N–H and O–H groups in total. The highest BCUT2D eigenvalue weighted by molar-refractivity contribution is 5.79. The van der Waals surface area contributed by atoms with Gasteiger partial charge >= 0.3 is 6.18 Å². The summed E-state index contributed by atoms with van der Waals surface area (Å²) < 4.78 is 43.9. The SMILES string of the molecule is Cc1nc([C@@H]2CCCN(C(=O)[C@@H]3CCC[C@H](C(F)(F)F)C3)C2)no1. The average molecular weight is 345 g/mol. The molecular weight excluding hydrogens is 323 g/mol. The predicted molar refractivity (Wildman–Crippen MR) is 79.1 cm³/mol. The highest BCUT2D eigenvalue weighted by atomic mass is 19.4. The molecule has 0 aromatic carbocycles. The summed E-state index contributed by atoms with van der Waals surface area (Å²) in [6, 6.07) is 0. The van der Waals surface area contributed by atoms with Crippen molar-refractivity contribution in [2.24, 2.45) is 11.8 Å². The Balaban J connectivity index is 1.64. The monoisotopic (exact) mass is 345 g/mol. The Morgan fingerprint density at radius 3 is 2.71 bits per heavy atom. The van der Waals surface area contributed by atoms with Gasteiger partial charge in [-0.1, -0.05) is 11.6 Å². The molecule has 0 spiro atoms. The number of nitrogens with zero attached hydrogens (tertiary/aromatic N) is 3. The van der Waals surface area contributed by atoms with Gasteiger partial charge < -0.3 is 9.42 Å². The summed E-state index contributed by atoms with van der Waals surface area (Å²) in [5.74, 6) is -0.941. The maximum atomic E-state index is 13.0. The van der Waals surface area contributed by atoms with Crippen LogP contribution in [0, 0.1) is 18.8 Å². The standard InChI is InChI=1S/C16H22F3N3O2/c1-10-20-14(21-24-10)12-5-3-7-22(9-12)15(23)11-4-2-6-13(8-11)16(17,18)19/h11-13H,2-9H2,1H3/t11-,12-,13+/m1/s1. The van der Waals surface area contributed by atoms with Gasteiger partial charge in [0.2, 0.25) is 11.8 Å². The summed E-state index contributed by atoms with van der Waals surface area (Å²) in [6.45, 7) is 2.77. The third-order valence-corrected chi connectivity index (χ3v) is 5.13. The van der Waals surface area contributed by atoms with Gasteiger partial charge in [0, 0.05) is 31.8 Å². The van der Waals surface area contributed by atoms with Crippen LogP contribution in [0.4, 0.5) is 13.2 Å². The molecule has 1 aromatic rings. The van der Waals surface area contributed by atoms with Crippen LogP contribution in [0.3, 0.4) is 0 Å². The molecule has 5 nitrogen and oxygen atoms in total. The number of hydrogen-bond acceptors (Lipinski definition) is 4. The number of likely N-dealkylation sites (tertiary alicyclic amines) is 1. The van der Waals surface area contributed by atoms with Crippen molar-refractivity contribution < 1.29 is 22.5 Å². The van der Waals surface area contributed by atoms with Crippen LogP contribution in [0.2, 0.25) is 0 Å². The van der Waals surface area contributed by atoms with E-state index in [4.69, 9.17) is 4.52 Å². The summed E-state index contributed by atoms with van der Waals surface area (Å²) in [6.07, 6.45) is -1.47. The van der Waals surface area contributed by atoms with Gasteiger partial charge in [-0.3, -0.25) is 4.79 Å². The van der Waals surface area contributed by atoms with Crippen LogP contribution in [-0.2, 0) is 4.79 Å². The first-order valence-electron chi connectivity index (χ1n) is 8.50. The van der Waals surface area contributed by atoms with Crippen molar-refractivity contribution >= 4 is 5.91 Å². The van der Waals surface area contributed by atoms with Crippen molar-refractivity contribution in [3.63, 3.8) is 0 Å². The molecule has 1 aliphatic heterocycles. The van der Waals surface area contributed by atoms with Crippen molar-refractivity contribution in [1.29, 1.82) is 0 Å². The van der Waals surface area contributed by atoms with Gasteiger partial charge in [0.1, 0.15) is 0 Å². The molecule has 24 heavy (non-hydrogen) atoms. The van der Waals surface area contributed by atoms with Crippen LogP contribution in [-0.4, -0.2) is 40.2 Å². The fourth-order valence-corrected chi connectivity index (χ4v) is 3.84. The first-order chi connectivity index (χ1) is 11.3. The van der Waals surface area contributed by atoms with E-state index in [-0.39, 0.29) is 24.7 Å². The summed E-state index contributed by atoms with van der Waals surface area (Å²) in [4.78, 5) is 18.6. The molecule has 134 valence electrons. The topological polar surface area (TPSA) is 59.2 Å². The molecule has 3 atom stereocenters. The minimum absolute atomic E-state index is 0.00199. The number of carbonyl (C=O) groups is 1. The summed E-state index contributed by atoms with van der Waals surface area (Å²) in [5, 5.41) is 3.92. The number of rotatable bonds is 2. The Hall–Kier alpha value is -1.60. The third-order valence-electron chi connectivity index (χ3n) is 5.13. The molecule has 0 radical (unpaired) electrons. The van der Waals surface area contributed by atoms with Crippen LogP contribution in [0.15, 0.2) is 4.52 Å². The van der Waals surface area contributed by atoms with Gasteiger partial charge in [-0.25, -0.2) is 0 Å². The van der Waals surface area contributed by atoms with Gasteiger partial charge in [-0.05, 0) is 32.1 Å². The molecule has 0 unspecified atom stereocenters. The zero-order valence-corrected chi connectivity index (χ0v) is 13.7. The summed E-state index contributed by atoms with van der Waals surface area (Å²) in [7, 11) is 0. The lowest BCUT2D eigenvalue weighted by Gasteiger charge is -2.36. The first-order valence-corrected chi connectivity index (χ1v) is 8.50. The zero-order valence-electron chi connectivity index (χ0n) is 13.7. The number of aromatic nitrogens is 2. The third kappa shape index (κ3) is 3.72. The van der Waals surface area contributed by atoms with Crippen LogP contribution >= 0.6 is 0 Å². The lowest BCUT2D eigenvalue weighted by molar-refractivity contribution is -0.187. The maximum absolute atomic E-state index is 13.0. The lowest BCUT2D eigenvalue weighted by atomic mass is 9.80. The second kappa shape index (κ2) is 6.72. The fourth-order valence-electron chi connectivity index (χ4n) is 3.84. The molecule has 1 aliphatic carbocycles. The quantitative estimate of drug-likeness (QED) is 0.824. The molecule has 3 rings (SSSR count). The highest BCUT2D eigenvalue weighted by Gasteiger charge is 2.44. The van der Waals surface area contributed by atoms with Crippen molar-refractivity contribution in [3.8, 4) is 0 Å². The van der Waals surface area contributed by atoms with E-state index >= 15 is 0 Å². The molecule has 2 fully saturated rings. The van der Waals surface area contributed by atoms with Crippen LogP contribution in [0.5, 0.6) is 0 Å². The van der Waals surface area contributed by atoms with E-state index in [2.05, 4.69) is 10.1 Å². The van der Waals surface area contributed by atoms with Crippen molar-refractivity contribution in [3.05, 3.63) is 11.7 Å². The van der Waals surface area contributed by atoms with Gasteiger partial charge in [-0.15, -0.1) is 0 Å². The van der Waals surface area contributed by atoms with Crippen molar-refractivity contribution in [2.75, 3.05) is 13.1 Å². The van der Waals surface area contributed by atoms with Crippen LogP contribution < -0.4 is 0 Å². The minimum Gasteiger partial charge on any atom is -0.342 e. The molecule has 1 saturated heterocycles. The smallest absolute Gasteiger partial charge is 0.342 e. The average Bonchev–Trinajstić information content (AvgIpc) is 3.00. The largest absolute Gasteiger partial charge is 0.391 e. The lowest BCUT2D eigenvalue weighted by Crippen LogP contribution is -2.44. The van der Waals surface area contributed by atoms with E-state index in [1.807, 2.05) is 0 Å². The normalized spacial score (nSPS) is 28.8. The van der Waals surface area contributed by atoms with E-state index in [1.165, 1.54) is 0 Å². The number of piperidine rings is 1. The summed E-state index contributed by atoms with van der Waals surface area (Å²) in [5.41, 5.74) is 0. The van der Waals surface area contributed by atoms with Gasteiger partial charge in [0.15, 0.2) is 5.82 Å². The number of carbonyl (C=O) groups excluding carboxylic acids is 1. The number of aryl methyl sites for hydroxylation is 1. The van der Waals surface area contributed by atoms with E-state index in [9.17, 15) is 18.0 Å². The molecule has 1 aromatic heterocycles. The molecule has 1 saturated carbocycles. The van der Waals surface area contributed by atoms with Crippen LogP contribution in [0.25, 0.3) is 0 Å². The molecule has 2 aliphatic rings. The Kier molecular flexibility index (Phi) is 4.83. The Labute approximate surface area is 138 Å². The molecule has 2 heterocycles. The second-order valence-electron chi connectivity index (χ2n) is 6.90. The number of hydrogen-bond donors (Lipinski definition) is 0. The van der Waals surface area contributed by atoms with Gasteiger partial charge in [0.05, 0.1) is 5.92 Å². The second-order valence-corrected chi connectivity index (χ2v) is 6.90. The van der Waals surface area contributed by atoms with E-state index < -0.39 is 18.0 Å². The van der Waals surface area contributed by atoms with Gasteiger partial charge in [-0.2, -0.15) is 18.2 Å². The van der Waals surface area contributed by atoms with Crippen molar-refractivity contribution in [2.45, 2.75) is 57.5 Å². The minimum atomic E-state index is -4.20. The first kappa shape index (κ1) is 17.2. The van der Waals surface area contributed by atoms with E-state index in [1.54, 1.807) is 11.8 Å². The Morgan fingerprint density at radius 1 is 1.25 bits per heavy atom.